The summed E-state index contributed by atoms with van der Waals surface area (Å²) in [4.78, 5) is 42.5. The van der Waals surface area contributed by atoms with Gasteiger partial charge < -0.3 is 19.5 Å². The number of nitrogens with one attached hydrogen (secondary N) is 3. The van der Waals surface area contributed by atoms with Gasteiger partial charge in [-0.25, -0.2) is 15.2 Å². The molecule has 3 N–H and O–H groups in total. The van der Waals surface area contributed by atoms with Crippen LogP contribution < -0.4 is 10.7 Å². The second-order valence-corrected chi connectivity index (χ2v) is 8.23. The molecule has 0 fully saturated rings. The van der Waals surface area contributed by atoms with Gasteiger partial charge in [-0.1, -0.05) is 30.3 Å². The molecule has 4 rings (SSSR count). The van der Waals surface area contributed by atoms with Crippen molar-refractivity contribution >= 4 is 23.9 Å². The average Bonchev–Trinajstić information content (AvgIpc) is 3.60. The lowest BCUT2D eigenvalue weighted by atomic mass is 10.1. The average molecular weight is 517 g/mol. The Bertz CT molecular complexity index is 1430. The SMILES string of the molecule is Cc1cc([N+](=O)[O-])ccc1-c1ccc(/C=N\NC(=O)[C@H](Cc2cnc[nH]2)NC(=O)OCc2ccccc2)o1. The van der Waals surface area contributed by atoms with Gasteiger partial charge in [0.25, 0.3) is 11.6 Å². The van der Waals surface area contributed by atoms with Crippen molar-refractivity contribution in [2.45, 2.75) is 26.0 Å². The molecule has 0 bridgehead atoms. The molecule has 194 valence electrons. The maximum atomic E-state index is 12.8. The van der Waals surface area contributed by atoms with E-state index in [1.165, 1.54) is 24.7 Å². The second kappa shape index (κ2) is 12.1. The predicted molar refractivity (Wildman–Crippen MR) is 137 cm³/mol. The summed E-state index contributed by atoms with van der Waals surface area (Å²) < 4.78 is 11.0. The van der Waals surface area contributed by atoms with E-state index in [4.69, 9.17) is 9.15 Å². The van der Waals surface area contributed by atoms with Gasteiger partial charge in [-0.2, -0.15) is 5.10 Å². The summed E-state index contributed by atoms with van der Waals surface area (Å²) in [6.07, 6.45) is 3.70. The highest BCUT2D eigenvalue weighted by atomic mass is 16.6. The summed E-state index contributed by atoms with van der Waals surface area (Å²) >= 11 is 0. The number of benzene rings is 2. The third kappa shape index (κ3) is 6.91. The Balaban J connectivity index is 1.37. The molecule has 0 unspecified atom stereocenters. The zero-order valence-corrected chi connectivity index (χ0v) is 20.3. The second-order valence-electron chi connectivity index (χ2n) is 8.23. The Kier molecular flexibility index (Phi) is 8.24. The highest BCUT2D eigenvalue weighted by molar-refractivity contribution is 5.87. The third-order valence-electron chi connectivity index (χ3n) is 5.48. The highest BCUT2D eigenvalue weighted by Gasteiger charge is 2.22. The molecule has 12 nitrogen and oxygen atoms in total. The largest absolute Gasteiger partial charge is 0.455 e. The van der Waals surface area contributed by atoms with Crippen LogP contribution >= 0.6 is 0 Å². The van der Waals surface area contributed by atoms with Gasteiger partial charge >= 0.3 is 6.09 Å². The molecule has 0 aliphatic carbocycles. The molecule has 1 atom stereocenters. The van der Waals surface area contributed by atoms with Gasteiger partial charge in [-0.3, -0.25) is 14.9 Å². The smallest absolute Gasteiger partial charge is 0.408 e. The zero-order valence-electron chi connectivity index (χ0n) is 20.3. The van der Waals surface area contributed by atoms with E-state index in [2.05, 4.69) is 25.8 Å². The molecular formula is C26H24N6O6. The molecule has 2 aromatic heterocycles. The van der Waals surface area contributed by atoms with Crippen molar-refractivity contribution < 1.29 is 23.7 Å². The van der Waals surface area contributed by atoms with E-state index < -0.39 is 23.0 Å². The van der Waals surface area contributed by atoms with Gasteiger partial charge in [0.05, 0.1) is 17.5 Å². The minimum absolute atomic E-state index is 0.00968. The van der Waals surface area contributed by atoms with E-state index in [0.717, 1.165) is 5.56 Å². The van der Waals surface area contributed by atoms with Crippen LogP contribution in [-0.4, -0.2) is 39.1 Å². The molecule has 0 aliphatic rings. The van der Waals surface area contributed by atoms with E-state index in [1.807, 2.05) is 30.3 Å². The number of aromatic nitrogens is 2. The van der Waals surface area contributed by atoms with Crippen molar-refractivity contribution in [3.63, 3.8) is 0 Å². The molecule has 0 saturated heterocycles. The van der Waals surface area contributed by atoms with Gasteiger partial charge in [-0.05, 0) is 36.2 Å². The Labute approximate surface area is 216 Å². The Morgan fingerprint density at radius 3 is 2.74 bits per heavy atom. The summed E-state index contributed by atoms with van der Waals surface area (Å²) in [5.41, 5.74) is 5.19. The third-order valence-corrected chi connectivity index (χ3v) is 5.48. The Hall–Kier alpha value is -5.26. The van der Waals surface area contributed by atoms with E-state index in [1.54, 1.807) is 31.3 Å². The number of amides is 2. The monoisotopic (exact) mass is 516 g/mol. The molecule has 0 spiro atoms. The fourth-order valence-corrected chi connectivity index (χ4v) is 3.57. The van der Waals surface area contributed by atoms with Crippen LogP contribution in [0.3, 0.4) is 0 Å². The number of nitro benzene ring substituents is 1. The summed E-state index contributed by atoms with van der Waals surface area (Å²) in [7, 11) is 0. The first-order chi connectivity index (χ1) is 18.4. The van der Waals surface area contributed by atoms with Crippen LogP contribution in [0.25, 0.3) is 11.3 Å². The van der Waals surface area contributed by atoms with Crippen molar-refractivity contribution in [3.05, 3.63) is 106 Å². The number of carbonyl (C=O) groups is 2. The summed E-state index contributed by atoms with van der Waals surface area (Å²) in [6, 6.07) is 16.0. The first kappa shape index (κ1) is 25.8. The van der Waals surface area contributed by atoms with Crippen molar-refractivity contribution in [1.29, 1.82) is 0 Å². The number of hydrogen-bond donors (Lipinski definition) is 3. The number of rotatable bonds is 10. The van der Waals surface area contributed by atoms with Crippen molar-refractivity contribution in [3.8, 4) is 11.3 Å². The lowest BCUT2D eigenvalue weighted by molar-refractivity contribution is -0.384. The summed E-state index contributed by atoms with van der Waals surface area (Å²) in [5.74, 6) is 0.258. The van der Waals surface area contributed by atoms with Crippen LogP contribution in [0.15, 0.2) is 82.7 Å². The number of aromatic amines is 1. The number of non-ortho nitro benzene ring substituents is 1. The number of H-pyrrole nitrogens is 1. The minimum atomic E-state index is -0.995. The summed E-state index contributed by atoms with van der Waals surface area (Å²) in [6.45, 7) is 1.80. The molecule has 0 aliphatic heterocycles. The highest BCUT2D eigenvalue weighted by Crippen LogP contribution is 2.28. The van der Waals surface area contributed by atoms with Crippen molar-refractivity contribution in [1.82, 2.24) is 20.7 Å². The van der Waals surface area contributed by atoms with Crippen LogP contribution in [0.5, 0.6) is 0 Å². The Morgan fingerprint density at radius 1 is 1.21 bits per heavy atom. The fraction of sp³-hybridized carbons (Fsp3) is 0.154. The number of hydrogen-bond acceptors (Lipinski definition) is 8. The molecule has 12 heteroatoms. The molecule has 0 radical (unpaired) electrons. The number of alkyl carbamates (subject to hydrolysis) is 1. The van der Waals surface area contributed by atoms with Gasteiger partial charge in [0.2, 0.25) is 0 Å². The van der Waals surface area contributed by atoms with Crippen LogP contribution in [0, 0.1) is 17.0 Å². The number of aryl methyl sites for hydroxylation is 1. The van der Waals surface area contributed by atoms with Gasteiger partial charge in [0.15, 0.2) is 0 Å². The molecule has 2 heterocycles. The molecular weight excluding hydrogens is 492 g/mol. The summed E-state index contributed by atoms with van der Waals surface area (Å²) in [5, 5.41) is 17.4. The van der Waals surface area contributed by atoms with Crippen LogP contribution in [0.1, 0.15) is 22.6 Å². The molecule has 2 aromatic carbocycles. The maximum Gasteiger partial charge on any atom is 0.408 e. The van der Waals surface area contributed by atoms with E-state index in [-0.39, 0.29) is 18.7 Å². The first-order valence-corrected chi connectivity index (χ1v) is 11.5. The predicted octanol–water partition coefficient (Wildman–Crippen LogP) is 3.87. The number of carbonyl (C=O) groups excluding carboxylic acids is 2. The van der Waals surface area contributed by atoms with Gasteiger partial charge in [0, 0.05) is 36.0 Å². The number of nitro groups is 1. The standard InChI is InChI=1S/C26H24N6O6/c1-17-11-20(32(35)36)7-9-22(17)24-10-8-21(38-24)14-29-31-25(33)23(12-19-13-27-16-28-19)30-26(34)37-15-18-5-3-2-4-6-18/h2-11,13-14,16,23H,12,15H2,1H3,(H,27,28)(H,30,34)(H,31,33)/b29-14-/t23-/m0/s1. The lowest BCUT2D eigenvalue weighted by Crippen LogP contribution is -2.47. The molecule has 38 heavy (non-hydrogen) atoms. The number of hydrazone groups is 1. The number of furan rings is 1. The normalized spacial score (nSPS) is 11.7. The van der Waals surface area contributed by atoms with Crippen molar-refractivity contribution in [2.24, 2.45) is 5.10 Å². The van der Waals surface area contributed by atoms with Gasteiger partial charge in [0.1, 0.15) is 24.2 Å². The quantitative estimate of drug-likeness (QED) is 0.163. The lowest BCUT2D eigenvalue weighted by Gasteiger charge is -2.16. The van der Waals surface area contributed by atoms with Gasteiger partial charge in [-0.15, -0.1) is 0 Å². The van der Waals surface area contributed by atoms with Crippen LogP contribution in [0.4, 0.5) is 10.5 Å². The van der Waals surface area contributed by atoms with E-state index in [9.17, 15) is 19.7 Å². The number of imidazole rings is 1. The molecule has 2 amide bonds. The number of nitrogens with zero attached hydrogens (tertiary/aromatic N) is 3. The Morgan fingerprint density at radius 2 is 2.03 bits per heavy atom. The topological polar surface area (TPSA) is 165 Å². The van der Waals surface area contributed by atoms with Crippen LogP contribution in [0.2, 0.25) is 0 Å². The minimum Gasteiger partial charge on any atom is -0.455 e. The molecule has 0 saturated carbocycles. The maximum absolute atomic E-state index is 12.8. The molecule has 4 aromatic rings. The van der Waals surface area contributed by atoms with Crippen LogP contribution in [-0.2, 0) is 22.6 Å². The fourth-order valence-electron chi connectivity index (χ4n) is 3.57. The van der Waals surface area contributed by atoms with E-state index in [0.29, 0.717) is 28.3 Å². The van der Waals surface area contributed by atoms with E-state index >= 15 is 0 Å². The van der Waals surface area contributed by atoms with Crippen molar-refractivity contribution in [2.75, 3.05) is 0 Å². The number of ether oxygens (including phenoxy) is 1. The zero-order chi connectivity index (χ0) is 26.9. The first-order valence-electron chi connectivity index (χ1n) is 11.5.